The van der Waals surface area contributed by atoms with Gasteiger partial charge in [-0.3, -0.25) is 4.79 Å². The van der Waals surface area contributed by atoms with Crippen molar-refractivity contribution >= 4 is 16.9 Å². The maximum atomic E-state index is 14.4. The van der Waals surface area contributed by atoms with Crippen LogP contribution in [-0.2, 0) is 0 Å². The van der Waals surface area contributed by atoms with Gasteiger partial charge in [0.2, 0.25) is 5.43 Å². The van der Waals surface area contributed by atoms with E-state index in [4.69, 9.17) is 0 Å². The molecule has 1 heterocycles. The van der Waals surface area contributed by atoms with Gasteiger partial charge in [0.15, 0.2) is 0 Å². The largest absolute Gasteiger partial charge is 0.477 e. The summed E-state index contributed by atoms with van der Waals surface area (Å²) in [4.78, 5) is 23.6. The van der Waals surface area contributed by atoms with Gasteiger partial charge < -0.3 is 14.8 Å². The number of carbonyl (C=O) groups is 1. The van der Waals surface area contributed by atoms with E-state index in [-0.39, 0.29) is 22.9 Å². The molecule has 0 amide bonds. The van der Waals surface area contributed by atoms with Gasteiger partial charge >= 0.3 is 5.97 Å². The number of fused-ring (bicyclic) bond motifs is 1. The lowest BCUT2D eigenvalue weighted by Crippen LogP contribution is -2.27. The number of aromatic nitrogens is 1. The van der Waals surface area contributed by atoms with Crippen LogP contribution in [0.4, 0.5) is 4.39 Å². The average Bonchev–Trinajstić information content (AvgIpc) is 3.29. The first kappa shape index (κ1) is 14.4. The second-order valence-corrected chi connectivity index (χ2v) is 6.53. The van der Waals surface area contributed by atoms with Crippen LogP contribution in [0.5, 0.6) is 0 Å². The van der Waals surface area contributed by atoms with Crippen molar-refractivity contribution in [2.24, 2.45) is 0 Å². The highest BCUT2D eigenvalue weighted by Crippen LogP contribution is 2.41. The molecular weight excluding hydrogens is 301 g/mol. The Labute approximate surface area is 131 Å². The zero-order valence-electron chi connectivity index (χ0n) is 12.3. The Morgan fingerprint density at radius 3 is 2.52 bits per heavy atom. The average molecular weight is 317 g/mol. The molecule has 0 unspecified atom stereocenters. The van der Waals surface area contributed by atoms with Crippen molar-refractivity contribution in [3.05, 3.63) is 45.5 Å². The fraction of sp³-hybridized carbons (Fsp3) is 0.412. The molecule has 0 aliphatic heterocycles. The molecule has 6 heteroatoms. The van der Waals surface area contributed by atoms with Crippen LogP contribution in [0, 0.1) is 5.82 Å². The first-order chi connectivity index (χ1) is 11.0. The van der Waals surface area contributed by atoms with Crippen LogP contribution in [0.1, 0.15) is 53.6 Å². The fourth-order valence-corrected chi connectivity index (χ4v) is 3.35. The molecule has 5 nitrogen and oxygen atoms in total. The standard InChI is InChI=1S/C17H16FNO4/c18-14-5-12-15(6-11(14)8-3-10(20)4-8)19(9-1-2-9)7-13(16(12)21)17(22)23/h5-10,20H,1-4H2,(H,22,23). The third-order valence-corrected chi connectivity index (χ3v) is 4.87. The molecule has 0 saturated heterocycles. The number of carboxylic acids is 1. The maximum absolute atomic E-state index is 14.4. The number of aliphatic hydroxyl groups excluding tert-OH is 1. The number of aliphatic hydroxyl groups is 1. The van der Waals surface area contributed by atoms with Crippen LogP contribution in [-0.4, -0.2) is 26.9 Å². The van der Waals surface area contributed by atoms with Gasteiger partial charge in [-0.15, -0.1) is 0 Å². The van der Waals surface area contributed by atoms with Gasteiger partial charge in [-0.2, -0.15) is 0 Å². The van der Waals surface area contributed by atoms with Crippen LogP contribution in [0.2, 0.25) is 0 Å². The molecule has 2 aliphatic carbocycles. The molecule has 0 radical (unpaired) electrons. The highest BCUT2D eigenvalue weighted by Gasteiger charge is 2.32. The number of nitrogens with zero attached hydrogens (tertiary/aromatic N) is 1. The Morgan fingerprint density at radius 2 is 1.96 bits per heavy atom. The monoisotopic (exact) mass is 317 g/mol. The number of halogens is 1. The topological polar surface area (TPSA) is 79.5 Å². The van der Waals surface area contributed by atoms with Crippen molar-refractivity contribution in [1.82, 2.24) is 4.57 Å². The Morgan fingerprint density at radius 1 is 1.26 bits per heavy atom. The molecular formula is C17H16FNO4. The molecule has 0 atom stereocenters. The molecule has 1 aromatic carbocycles. The van der Waals surface area contributed by atoms with Crippen molar-refractivity contribution in [3.8, 4) is 0 Å². The summed E-state index contributed by atoms with van der Waals surface area (Å²) in [7, 11) is 0. The zero-order valence-corrected chi connectivity index (χ0v) is 12.3. The molecule has 2 fully saturated rings. The minimum Gasteiger partial charge on any atom is -0.477 e. The van der Waals surface area contributed by atoms with E-state index in [0.29, 0.717) is 23.9 Å². The summed E-state index contributed by atoms with van der Waals surface area (Å²) in [6.07, 6.45) is 3.86. The predicted octanol–water partition coefficient (Wildman–Crippen LogP) is 2.41. The normalized spacial score (nSPS) is 23.7. The van der Waals surface area contributed by atoms with Gasteiger partial charge in [0.05, 0.1) is 11.6 Å². The first-order valence-corrected chi connectivity index (χ1v) is 7.75. The number of pyridine rings is 1. The van der Waals surface area contributed by atoms with E-state index in [9.17, 15) is 24.2 Å². The van der Waals surface area contributed by atoms with Gasteiger partial charge in [-0.25, -0.2) is 9.18 Å². The zero-order chi connectivity index (χ0) is 16.3. The van der Waals surface area contributed by atoms with Gasteiger partial charge in [0.25, 0.3) is 0 Å². The lowest BCUT2D eigenvalue weighted by atomic mass is 9.77. The second kappa shape index (κ2) is 4.89. The van der Waals surface area contributed by atoms with Crippen LogP contribution in [0.25, 0.3) is 10.9 Å². The second-order valence-electron chi connectivity index (χ2n) is 6.53. The van der Waals surface area contributed by atoms with E-state index in [1.165, 1.54) is 6.20 Å². The summed E-state index contributed by atoms with van der Waals surface area (Å²) < 4.78 is 16.2. The maximum Gasteiger partial charge on any atom is 0.341 e. The summed E-state index contributed by atoms with van der Waals surface area (Å²) in [5.74, 6) is -1.84. The van der Waals surface area contributed by atoms with Gasteiger partial charge in [0.1, 0.15) is 11.4 Å². The van der Waals surface area contributed by atoms with Crippen molar-refractivity contribution in [2.75, 3.05) is 0 Å². The van der Waals surface area contributed by atoms with Crippen LogP contribution in [0.3, 0.4) is 0 Å². The predicted molar refractivity (Wildman–Crippen MR) is 81.4 cm³/mol. The first-order valence-electron chi connectivity index (χ1n) is 7.75. The SMILES string of the molecule is O=C(O)c1cn(C2CC2)c2cc(C3CC(O)C3)c(F)cc2c1=O. The highest BCUT2D eigenvalue weighted by molar-refractivity contribution is 5.92. The molecule has 2 N–H and O–H groups in total. The van der Waals surface area contributed by atoms with E-state index in [1.807, 2.05) is 0 Å². The molecule has 120 valence electrons. The number of hydrogen-bond acceptors (Lipinski definition) is 3. The molecule has 1 aromatic heterocycles. The van der Waals surface area contributed by atoms with Crippen LogP contribution < -0.4 is 5.43 Å². The van der Waals surface area contributed by atoms with Crippen molar-refractivity contribution in [2.45, 2.75) is 43.7 Å². The molecule has 23 heavy (non-hydrogen) atoms. The Hall–Kier alpha value is -2.21. The summed E-state index contributed by atoms with van der Waals surface area (Å²) in [6, 6.07) is 2.98. The molecule has 2 saturated carbocycles. The molecule has 0 bridgehead atoms. The number of rotatable bonds is 3. The number of aromatic carboxylic acids is 1. The van der Waals surface area contributed by atoms with E-state index in [1.54, 1.807) is 10.6 Å². The molecule has 2 aromatic rings. The fourth-order valence-electron chi connectivity index (χ4n) is 3.35. The lowest BCUT2D eigenvalue weighted by Gasteiger charge is -2.32. The third-order valence-electron chi connectivity index (χ3n) is 4.87. The number of carboxylic acid groups (broad SMARTS) is 1. The van der Waals surface area contributed by atoms with Crippen LogP contribution in [0.15, 0.2) is 23.1 Å². The van der Waals surface area contributed by atoms with Crippen LogP contribution >= 0.6 is 0 Å². The van der Waals surface area contributed by atoms with Gasteiger partial charge in [0, 0.05) is 17.6 Å². The quantitative estimate of drug-likeness (QED) is 0.911. The number of benzene rings is 1. The Kier molecular flexibility index (Phi) is 3.06. The number of hydrogen-bond donors (Lipinski definition) is 2. The van der Waals surface area contributed by atoms with Crippen molar-refractivity contribution in [1.29, 1.82) is 0 Å². The summed E-state index contributed by atoms with van der Waals surface area (Å²) in [5, 5.41) is 18.7. The van der Waals surface area contributed by atoms with Gasteiger partial charge in [-0.1, -0.05) is 0 Å². The van der Waals surface area contributed by atoms with Crippen molar-refractivity contribution < 1.29 is 19.4 Å². The summed E-state index contributed by atoms with van der Waals surface area (Å²) in [5.41, 5.74) is 0.110. The van der Waals surface area contributed by atoms with E-state index in [0.717, 1.165) is 18.9 Å². The van der Waals surface area contributed by atoms with Gasteiger partial charge in [-0.05, 0) is 49.3 Å². The Balaban J connectivity index is 1.96. The van der Waals surface area contributed by atoms with Crippen molar-refractivity contribution in [3.63, 3.8) is 0 Å². The van der Waals surface area contributed by atoms with E-state index >= 15 is 0 Å². The smallest absolute Gasteiger partial charge is 0.341 e. The minimum absolute atomic E-state index is 0.0451. The lowest BCUT2D eigenvalue weighted by molar-refractivity contribution is 0.0693. The molecule has 2 aliphatic rings. The highest BCUT2D eigenvalue weighted by atomic mass is 19.1. The van der Waals surface area contributed by atoms with E-state index < -0.39 is 23.3 Å². The summed E-state index contributed by atoms with van der Waals surface area (Å²) in [6.45, 7) is 0. The molecule has 0 spiro atoms. The third kappa shape index (κ3) is 2.25. The Bertz CT molecular complexity index is 878. The summed E-state index contributed by atoms with van der Waals surface area (Å²) >= 11 is 0. The minimum atomic E-state index is -1.29. The van der Waals surface area contributed by atoms with E-state index in [2.05, 4.69) is 0 Å². The molecule has 4 rings (SSSR count).